The number of benzene rings is 2. The van der Waals surface area contributed by atoms with E-state index in [4.69, 9.17) is 11.6 Å². The Hall–Kier alpha value is -2.63. The molecule has 1 saturated heterocycles. The Kier molecular flexibility index (Phi) is 5.87. The van der Waals surface area contributed by atoms with Crippen molar-refractivity contribution >= 4 is 29.1 Å². The summed E-state index contributed by atoms with van der Waals surface area (Å²) in [5.74, 6) is -1.45. The molecule has 1 heterocycles. The smallest absolute Gasteiger partial charge is 0.295 e. The summed E-state index contributed by atoms with van der Waals surface area (Å²) in [5, 5.41) is 11.4. The molecule has 3 rings (SSSR count). The molecule has 1 aliphatic rings. The van der Waals surface area contributed by atoms with E-state index in [0.29, 0.717) is 23.7 Å². The lowest BCUT2D eigenvalue weighted by atomic mass is 9.95. The van der Waals surface area contributed by atoms with Crippen LogP contribution in [-0.4, -0.2) is 53.8 Å². The van der Waals surface area contributed by atoms with Crippen LogP contribution in [0.5, 0.6) is 0 Å². The highest BCUT2D eigenvalue weighted by Crippen LogP contribution is 2.39. The number of aryl methyl sites for hydroxylation is 1. The number of hydrogen-bond donors (Lipinski definition) is 1. The van der Waals surface area contributed by atoms with Crippen molar-refractivity contribution < 1.29 is 14.7 Å². The van der Waals surface area contributed by atoms with Crippen LogP contribution in [0, 0.1) is 6.92 Å². The van der Waals surface area contributed by atoms with Gasteiger partial charge in [0.15, 0.2) is 0 Å². The Bertz CT molecular complexity index is 918. The molecule has 1 aliphatic heterocycles. The van der Waals surface area contributed by atoms with Gasteiger partial charge < -0.3 is 14.9 Å². The maximum Gasteiger partial charge on any atom is 0.295 e. The molecule has 0 aromatic heterocycles. The van der Waals surface area contributed by atoms with Gasteiger partial charge in [-0.1, -0.05) is 41.4 Å². The molecule has 1 amide bonds. The molecule has 5 nitrogen and oxygen atoms in total. The zero-order chi connectivity index (χ0) is 20.4. The van der Waals surface area contributed by atoms with Crippen molar-refractivity contribution in [2.75, 3.05) is 27.2 Å². The van der Waals surface area contributed by atoms with Crippen LogP contribution >= 0.6 is 11.6 Å². The third-order valence-corrected chi connectivity index (χ3v) is 5.09. The molecule has 2 aromatic carbocycles. The van der Waals surface area contributed by atoms with Crippen LogP contribution in [0.4, 0.5) is 0 Å². The number of hydrogen-bond acceptors (Lipinski definition) is 4. The summed E-state index contributed by atoms with van der Waals surface area (Å²) in [4.78, 5) is 29.1. The molecule has 1 N–H and O–H groups in total. The number of likely N-dealkylation sites (tertiary alicyclic amines) is 1. The van der Waals surface area contributed by atoms with E-state index in [-0.39, 0.29) is 11.3 Å². The Balaban J connectivity index is 2.13. The van der Waals surface area contributed by atoms with Gasteiger partial charge in [0.1, 0.15) is 5.76 Å². The Labute approximate surface area is 169 Å². The summed E-state index contributed by atoms with van der Waals surface area (Å²) in [6.45, 7) is 2.96. The molecular formula is C22H23ClN2O3. The predicted molar refractivity (Wildman–Crippen MR) is 110 cm³/mol. The number of nitrogens with zero attached hydrogens (tertiary/aromatic N) is 2. The molecule has 0 saturated carbocycles. The van der Waals surface area contributed by atoms with Crippen molar-refractivity contribution in [3.63, 3.8) is 0 Å². The average Bonchev–Trinajstić information content (AvgIpc) is 2.91. The van der Waals surface area contributed by atoms with Crippen LogP contribution in [0.15, 0.2) is 54.1 Å². The minimum absolute atomic E-state index is 0.106. The third kappa shape index (κ3) is 3.96. The van der Waals surface area contributed by atoms with E-state index in [2.05, 4.69) is 0 Å². The molecule has 0 aliphatic carbocycles. The summed E-state index contributed by atoms with van der Waals surface area (Å²) in [6, 6.07) is 13.6. The summed E-state index contributed by atoms with van der Waals surface area (Å²) in [7, 11) is 3.82. The number of carbonyl (C=O) groups excluding carboxylic acids is 2. The molecule has 0 radical (unpaired) electrons. The fraction of sp³-hybridized carbons (Fsp3) is 0.273. The quantitative estimate of drug-likeness (QED) is 0.474. The zero-order valence-corrected chi connectivity index (χ0v) is 16.9. The number of halogens is 1. The summed E-state index contributed by atoms with van der Waals surface area (Å²) < 4.78 is 0. The van der Waals surface area contributed by atoms with Crippen molar-refractivity contribution in [3.8, 4) is 0 Å². The number of Topliss-reactive ketones (excluding diaryl/α,β-unsaturated/α-hetero) is 1. The van der Waals surface area contributed by atoms with Crippen molar-refractivity contribution in [2.24, 2.45) is 0 Å². The maximum atomic E-state index is 12.8. The second-order valence-corrected chi connectivity index (χ2v) is 7.65. The average molecular weight is 399 g/mol. The number of amides is 1. The van der Waals surface area contributed by atoms with Gasteiger partial charge >= 0.3 is 0 Å². The van der Waals surface area contributed by atoms with Crippen molar-refractivity contribution in [3.05, 3.63) is 75.8 Å². The van der Waals surface area contributed by atoms with E-state index in [1.54, 1.807) is 24.3 Å². The van der Waals surface area contributed by atoms with Gasteiger partial charge in [0, 0.05) is 23.7 Å². The lowest BCUT2D eigenvalue weighted by Gasteiger charge is -2.26. The first-order chi connectivity index (χ1) is 13.3. The van der Waals surface area contributed by atoms with Gasteiger partial charge in [0.2, 0.25) is 0 Å². The highest BCUT2D eigenvalue weighted by molar-refractivity contribution is 6.46. The Morgan fingerprint density at radius 1 is 1.07 bits per heavy atom. The van der Waals surface area contributed by atoms with Gasteiger partial charge in [-0.3, -0.25) is 9.59 Å². The first-order valence-electron chi connectivity index (χ1n) is 9.05. The number of aliphatic hydroxyl groups is 1. The Morgan fingerprint density at radius 2 is 1.68 bits per heavy atom. The van der Waals surface area contributed by atoms with Crippen LogP contribution < -0.4 is 0 Å². The molecule has 2 aromatic rings. The molecule has 0 unspecified atom stereocenters. The SMILES string of the molecule is Cc1ccc([C@H]2C(=C(O)c3ccc(Cl)cc3)C(=O)C(=O)N2CCN(C)C)cc1. The molecule has 0 spiro atoms. The normalized spacial score (nSPS) is 18.9. The molecule has 0 bridgehead atoms. The van der Waals surface area contributed by atoms with Gasteiger partial charge in [0.05, 0.1) is 11.6 Å². The van der Waals surface area contributed by atoms with E-state index in [9.17, 15) is 14.7 Å². The van der Waals surface area contributed by atoms with Crippen molar-refractivity contribution in [1.82, 2.24) is 9.80 Å². The molecule has 1 atom stereocenters. The fourth-order valence-corrected chi connectivity index (χ4v) is 3.40. The lowest BCUT2D eigenvalue weighted by molar-refractivity contribution is -0.140. The minimum atomic E-state index is -0.670. The van der Waals surface area contributed by atoms with E-state index in [1.165, 1.54) is 4.90 Å². The van der Waals surface area contributed by atoms with Crippen LogP contribution in [0.1, 0.15) is 22.7 Å². The van der Waals surface area contributed by atoms with Crippen LogP contribution in [0.25, 0.3) is 5.76 Å². The van der Waals surface area contributed by atoms with Gasteiger partial charge in [-0.15, -0.1) is 0 Å². The van der Waals surface area contributed by atoms with Gasteiger partial charge in [-0.2, -0.15) is 0 Å². The third-order valence-electron chi connectivity index (χ3n) is 4.84. The predicted octanol–water partition coefficient (Wildman–Crippen LogP) is 3.63. The maximum absolute atomic E-state index is 12.8. The van der Waals surface area contributed by atoms with Gasteiger partial charge in [0.25, 0.3) is 11.7 Å². The van der Waals surface area contributed by atoms with E-state index < -0.39 is 17.7 Å². The molecular weight excluding hydrogens is 376 g/mol. The minimum Gasteiger partial charge on any atom is -0.507 e. The van der Waals surface area contributed by atoms with E-state index in [0.717, 1.165) is 11.1 Å². The molecule has 146 valence electrons. The number of carbonyl (C=O) groups is 2. The monoisotopic (exact) mass is 398 g/mol. The standard InChI is InChI=1S/C22H23ClN2O3/c1-14-4-6-15(7-5-14)19-18(20(26)16-8-10-17(23)11-9-16)21(27)22(28)25(19)13-12-24(2)3/h4-11,19,26H,12-13H2,1-3H3/t19-/m0/s1. The van der Waals surface area contributed by atoms with Gasteiger partial charge in [-0.25, -0.2) is 0 Å². The molecule has 6 heteroatoms. The van der Waals surface area contributed by atoms with Crippen LogP contribution in [0.3, 0.4) is 0 Å². The number of rotatable bonds is 5. The van der Waals surface area contributed by atoms with Crippen LogP contribution in [0.2, 0.25) is 5.02 Å². The first-order valence-corrected chi connectivity index (χ1v) is 9.43. The van der Waals surface area contributed by atoms with Crippen molar-refractivity contribution in [2.45, 2.75) is 13.0 Å². The van der Waals surface area contributed by atoms with Crippen LogP contribution in [-0.2, 0) is 9.59 Å². The zero-order valence-electron chi connectivity index (χ0n) is 16.1. The molecule has 1 fully saturated rings. The number of aliphatic hydroxyl groups excluding tert-OH is 1. The van der Waals surface area contributed by atoms with E-state index in [1.807, 2.05) is 50.2 Å². The van der Waals surface area contributed by atoms with Crippen molar-refractivity contribution in [1.29, 1.82) is 0 Å². The molecule has 28 heavy (non-hydrogen) atoms. The number of likely N-dealkylation sites (N-methyl/N-ethyl adjacent to an activating group) is 1. The van der Waals surface area contributed by atoms with Gasteiger partial charge in [-0.05, 0) is 50.8 Å². The highest BCUT2D eigenvalue weighted by atomic mass is 35.5. The highest BCUT2D eigenvalue weighted by Gasteiger charge is 2.45. The van der Waals surface area contributed by atoms with E-state index >= 15 is 0 Å². The second-order valence-electron chi connectivity index (χ2n) is 7.21. The first kappa shape index (κ1) is 20.1. The Morgan fingerprint density at radius 3 is 2.25 bits per heavy atom. The second kappa shape index (κ2) is 8.17. The summed E-state index contributed by atoms with van der Waals surface area (Å²) in [5.41, 5.74) is 2.42. The summed E-state index contributed by atoms with van der Waals surface area (Å²) in [6.07, 6.45) is 0. The largest absolute Gasteiger partial charge is 0.507 e. The topological polar surface area (TPSA) is 60.9 Å². The summed E-state index contributed by atoms with van der Waals surface area (Å²) >= 11 is 5.93. The lowest BCUT2D eigenvalue weighted by Crippen LogP contribution is -2.35. The number of ketones is 1. The fourth-order valence-electron chi connectivity index (χ4n) is 3.28.